The number of hydrogen-bond acceptors (Lipinski definition) is 1. The minimum atomic E-state index is 0.793. The maximum absolute atomic E-state index is 4.03. The highest BCUT2D eigenvalue weighted by molar-refractivity contribution is 4.84. The van der Waals surface area contributed by atoms with Crippen molar-refractivity contribution in [2.75, 3.05) is 19.6 Å². The van der Waals surface area contributed by atoms with Crippen molar-refractivity contribution in [2.45, 2.75) is 18.9 Å². The molecule has 0 aromatic carbocycles. The molecule has 58 valence electrons. The monoisotopic (exact) mass is 140 g/mol. The maximum atomic E-state index is 4.03. The van der Waals surface area contributed by atoms with Gasteiger partial charge in [-0.3, -0.25) is 0 Å². The highest BCUT2D eigenvalue weighted by Crippen LogP contribution is 2.19. The molecule has 3 atom stereocenters. The van der Waals surface area contributed by atoms with Gasteiger partial charge >= 0.3 is 0 Å². The van der Waals surface area contributed by atoms with Gasteiger partial charge in [-0.15, -0.1) is 0 Å². The summed E-state index contributed by atoms with van der Waals surface area (Å²) in [5, 5.41) is 3.53. The van der Waals surface area contributed by atoms with Crippen LogP contribution in [-0.4, -0.2) is 25.7 Å². The molecule has 2 fully saturated rings. The first-order valence-corrected chi connectivity index (χ1v) is 4.26. The zero-order chi connectivity index (χ0) is 6.97. The molecule has 0 aliphatic carbocycles. The van der Waals surface area contributed by atoms with Gasteiger partial charge in [0.05, 0.1) is 19.1 Å². The minimum absolute atomic E-state index is 0.793. The lowest BCUT2D eigenvalue weighted by atomic mass is 9.93. The average molecular weight is 140 g/mol. The van der Waals surface area contributed by atoms with Crippen LogP contribution < -0.4 is 10.2 Å². The first-order valence-electron chi connectivity index (χ1n) is 4.26. The minimum Gasteiger partial charge on any atom is -0.467 e. The summed E-state index contributed by atoms with van der Waals surface area (Å²) >= 11 is 0. The van der Waals surface area contributed by atoms with Gasteiger partial charge in [-0.1, -0.05) is 0 Å². The molecule has 2 saturated heterocycles. The van der Waals surface area contributed by atoms with E-state index in [2.05, 4.69) is 12.4 Å². The molecule has 0 bridgehead atoms. The van der Waals surface area contributed by atoms with Crippen LogP contribution in [0.25, 0.3) is 0 Å². The largest absolute Gasteiger partial charge is 0.467 e. The number of likely N-dealkylation sites (tertiary alicyclic amines) is 1. The Bertz CT molecular complexity index is 124. The zero-order valence-electron chi connectivity index (χ0n) is 6.40. The average Bonchev–Trinajstić information content (AvgIpc) is 2.33. The van der Waals surface area contributed by atoms with Crippen molar-refractivity contribution >= 4 is 0 Å². The molecule has 10 heavy (non-hydrogen) atoms. The molecule has 2 heterocycles. The summed E-state index contributed by atoms with van der Waals surface area (Å²) < 4.78 is 0. The Morgan fingerprint density at radius 3 is 3.20 bits per heavy atom. The van der Waals surface area contributed by atoms with Gasteiger partial charge in [-0.2, -0.15) is 7.05 Å². The van der Waals surface area contributed by atoms with E-state index >= 15 is 0 Å². The molecule has 0 aromatic rings. The van der Waals surface area contributed by atoms with Crippen molar-refractivity contribution < 1.29 is 4.90 Å². The van der Waals surface area contributed by atoms with Crippen molar-refractivity contribution in [2.24, 2.45) is 5.92 Å². The number of hydrogen-bond donors (Lipinski definition) is 2. The highest BCUT2D eigenvalue weighted by Gasteiger charge is 2.31. The summed E-state index contributed by atoms with van der Waals surface area (Å²) in [5.41, 5.74) is 0. The van der Waals surface area contributed by atoms with Crippen molar-refractivity contribution in [1.29, 1.82) is 0 Å². The van der Waals surface area contributed by atoms with Crippen molar-refractivity contribution in [3.8, 4) is 0 Å². The summed E-state index contributed by atoms with van der Waals surface area (Å²) in [6.45, 7) is 3.76. The topological polar surface area (TPSA) is 16.5 Å². The van der Waals surface area contributed by atoms with Crippen LogP contribution in [0.5, 0.6) is 0 Å². The molecule has 2 rings (SSSR count). The van der Waals surface area contributed by atoms with Crippen LogP contribution in [0.2, 0.25) is 0 Å². The Morgan fingerprint density at radius 2 is 2.30 bits per heavy atom. The molecule has 1 unspecified atom stereocenters. The van der Waals surface area contributed by atoms with Gasteiger partial charge in [0.2, 0.25) is 0 Å². The molecule has 2 N–H and O–H groups in total. The Morgan fingerprint density at radius 1 is 1.40 bits per heavy atom. The second-order valence-electron chi connectivity index (χ2n) is 3.60. The summed E-state index contributed by atoms with van der Waals surface area (Å²) in [5.74, 6) is 0.977. The summed E-state index contributed by atoms with van der Waals surface area (Å²) in [7, 11) is 4.03. The summed E-state index contributed by atoms with van der Waals surface area (Å²) in [4.78, 5) is 1.45. The van der Waals surface area contributed by atoms with Crippen LogP contribution in [0.1, 0.15) is 12.8 Å². The second-order valence-corrected chi connectivity index (χ2v) is 3.60. The van der Waals surface area contributed by atoms with E-state index in [1.165, 1.54) is 37.4 Å². The number of rotatable bonds is 0. The third-order valence-corrected chi connectivity index (χ3v) is 2.87. The predicted octanol–water partition coefficient (Wildman–Crippen LogP) is -0.955. The number of fused-ring (bicyclic) bond motifs is 1. The molecule has 2 heteroatoms. The van der Waals surface area contributed by atoms with E-state index in [4.69, 9.17) is 0 Å². The smallest absolute Gasteiger partial charge is 0.0689 e. The summed E-state index contributed by atoms with van der Waals surface area (Å²) in [6, 6.07) is 0.793. The quantitative estimate of drug-likeness (QED) is 0.415. The number of nitrogens with one attached hydrogen (secondary N) is 2. The molecule has 0 radical (unpaired) electrons. The van der Waals surface area contributed by atoms with E-state index < -0.39 is 0 Å². The van der Waals surface area contributed by atoms with E-state index in [9.17, 15) is 0 Å². The fourth-order valence-corrected chi connectivity index (χ4v) is 2.21. The molecular formula is C8H16N2. The standard InChI is InChI=1S/C8H16N2/c1-10-5-3-7-2-4-9-8(7)6-10/h7-10H,1-6H2/t7-,8+/m0/s1. The van der Waals surface area contributed by atoms with Crippen molar-refractivity contribution in [3.63, 3.8) is 0 Å². The fourth-order valence-electron chi connectivity index (χ4n) is 2.21. The molecule has 2 aliphatic rings. The lowest BCUT2D eigenvalue weighted by Crippen LogP contribution is -3.09. The van der Waals surface area contributed by atoms with Crippen molar-refractivity contribution in [1.82, 2.24) is 5.32 Å². The fraction of sp³-hybridized carbons (Fsp3) is 0.875. The number of piperidine rings is 1. The lowest BCUT2D eigenvalue weighted by Gasteiger charge is -2.33. The zero-order valence-corrected chi connectivity index (χ0v) is 6.40. The lowest BCUT2D eigenvalue weighted by molar-refractivity contribution is -0.861. The van der Waals surface area contributed by atoms with Crippen LogP contribution in [0.4, 0.5) is 0 Å². The molecule has 0 aromatic heterocycles. The molecule has 0 saturated carbocycles. The van der Waals surface area contributed by atoms with E-state index in [-0.39, 0.29) is 0 Å². The molecule has 2 nitrogen and oxygen atoms in total. The van der Waals surface area contributed by atoms with E-state index in [1.807, 2.05) is 0 Å². The van der Waals surface area contributed by atoms with E-state index in [0.717, 1.165) is 12.0 Å². The van der Waals surface area contributed by atoms with Crippen LogP contribution in [0.3, 0.4) is 0 Å². The van der Waals surface area contributed by atoms with Gasteiger partial charge in [0.25, 0.3) is 0 Å². The first-order chi connectivity index (χ1) is 4.86. The molecule has 0 spiro atoms. The van der Waals surface area contributed by atoms with E-state index in [1.54, 1.807) is 0 Å². The van der Waals surface area contributed by atoms with Gasteiger partial charge in [-0.25, -0.2) is 0 Å². The predicted molar refractivity (Wildman–Crippen MR) is 40.6 cm³/mol. The van der Waals surface area contributed by atoms with Gasteiger partial charge in [0, 0.05) is 0 Å². The highest BCUT2D eigenvalue weighted by atomic mass is 15.1. The first kappa shape index (κ1) is 6.62. The normalized spacial score (nSPS) is 47.1. The van der Waals surface area contributed by atoms with Gasteiger partial charge in [-0.05, 0) is 25.3 Å². The van der Waals surface area contributed by atoms with Crippen LogP contribution >= 0.6 is 0 Å². The van der Waals surface area contributed by atoms with Gasteiger partial charge < -0.3 is 10.2 Å². The van der Waals surface area contributed by atoms with Gasteiger partial charge in [0.1, 0.15) is 0 Å². The molecule has 2 aliphatic heterocycles. The van der Waals surface area contributed by atoms with Crippen molar-refractivity contribution in [3.05, 3.63) is 7.05 Å². The third-order valence-electron chi connectivity index (χ3n) is 2.87. The Labute approximate surface area is 62.6 Å². The summed E-state index contributed by atoms with van der Waals surface area (Å²) in [6.07, 6.45) is 2.79. The Hall–Kier alpha value is -0.0800. The second kappa shape index (κ2) is 2.51. The maximum Gasteiger partial charge on any atom is 0.0689 e. The Balaban J connectivity index is 1.96. The third kappa shape index (κ3) is 1.06. The Kier molecular flexibility index (Phi) is 1.66. The van der Waals surface area contributed by atoms with Crippen LogP contribution in [0.15, 0.2) is 0 Å². The van der Waals surface area contributed by atoms with Gasteiger partial charge in [0.15, 0.2) is 0 Å². The number of quaternary nitrogens is 1. The van der Waals surface area contributed by atoms with E-state index in [0.29, 0.717) is 0 Å². The van der Waals surface area contributed by atoms with Crippen LogP contribution in [-0.2, 0) is 0 Å². The molecular weight excluding hydrogens is 124 g/mol. The molecule has 0 amide bonds. The van der Waals surface area contributed by atoms with Crippen LogP contribution in [0, 0.1) is 13.0 Å². The SMILES string of the molecule is [CH2-][NH+]1CC[C@@H]2CCN[C@@H]2C1.